The van der Waals surface area contributed by atoms with E-state index in [2.05, 4.69) is 11.6 Å². The molecule has 2 aromatic carbocycles. The van der Waals surface area contributed by atoms with E-state index in [1.165, 1.54) is 26.0 Å². The van der Waals surface area contributed by atoms with Gasteiger partial charge in [-0.2, -0.15) is 4.99 Å². The molecule has 180 valence electrons. The second-order valence-electron chi connectivity index (χ2n) is 7.43. The van der Waals surface area contributed by atoms with Crippen LogP contribution in [0.1, 0.15) is 11.1 Å². The Kier molecular flexibility index (Phi) is 7.57. The molecule has 8 nitrogen and oxygen atoms in total. The maximum Gasteiger partial charge on any atom is 0.283 e. The molecule has 0 atom stereocenters. The minimum atomic E-state index is -0.468. The van der Waals surface area contributed by atoms with Crippen LogP contribution >= 0.6 is 11.8 Å². The average molecular weight is 492 g/mol. The number of amidine groups is 2. The second kappa shape index (κ2) is 11.0. The van der Waals surface area contributed by atoms with Gasteiger partial charge in [0, 0.05) is 6.20 Å². The van der Waals surface area contributed by atoms with E-state index >= 15 is 0 Å². The van der Waals surface area contributed by atoms with Crippen LogP contribution in [0.15, 0.2) is 71.2 Å². The highest BCUT2D eigenvalue weighted by Crippen LogP contribution is 2.39. The third-order valence-corrected chi connectivity index (χ3v) is 5.99. The number of carbonyl (C=O) groups is 1. The monoisotopic (exact) mass is 491 g/mol. The molecular weight excluding hydrogens is 466 g/mol. The normalized spacial score (nSPS) is 15.7. The highest BCUT2D eigenvalue weighted by Gasteiger charge is 2.31. The van der Waals surface area contributed by atoms with Crippen molar-refractivity contribution in [2.45, 2.75) is 6.42 Å². The number of methoxy groups -OCH3 is 2. The van der Waals surface area contributed by atoms with E-state index in [1.54, 1.807) is 34.7 Å². The van der Waals surface area contributed by atoms with Crippen molar-refractivity contribution in [3.05, 3.63) is 77.4 Å². The van der Waals surface area contributed by atoms with Gasteiger partial charge in [-0.3, -0.25) is 15.1 Å². The number of carbonyl (C=O) groups excluding carboxylic acids is 1. The Morgan fingerprint density at radius 3 is 2.51 bits per heavy atom. The molecule has 4 rings (SSSR count). The summed E-state index contributed by atoms with van der Waals surface area (Å²) in [6.45, 7) is 4.36. The van der Waals surface area contributed by atoms with Crippen molar-refractivity contribution in [2.75, 3.05) is 27.4 Å². The lowest BCUT2D eigenvalue weighted by molar-refractivity contribution is -0.114. The van der Waals surface area contributed by atoms with Gasteiger partial charge >= 0.3 is 0 Å². The molecule has 0 unspecified atom stereocenters. The fourth-order valence-electron chi connectivity index (χ4n) is 3.59. The number of para-hydroxylation sites is 1. The van der Waals surface area contributed by atoms with Gasteiger partial charge in [0.25, 0.3) is 5.91 Å². The van der Waals surface area contributed by atoms with Gasteiger partial charge in [-0.05, 0) is 47.2 Å². The van der Waals surface area contributed by atoms with E-state index in [1.807, 2.05) is 30.3 Å². The van der Waals surface area contributed by atoms with Crippen LogP contribution in [-0.2, 0) is 11.2 Å². The Morgan fingerprint density at radius 2 is 1.80 bits per heavy atom. The van der Waals surface area contributed by atoms with Crippen molar-refractivity contribution < 1.29 is 23.7 Å². The Morgan fingerprint density at radius 1 is 1.09 bits per heavy atom. The molecule has 2 aliphatic heterocycles. The van der Waals surface area contributed by atoms with E-state index in [0.29, 0.717) is 34.6 Å². The Labute approximate surface area is 208 Å². The molecule has 2 aliphatic rings. The Balaban J connectivity index is 1.51. The van der Waals surface area contributed by atoms with Crippen molar-refractivity contribution in [1.82, 2.24) is 4.90 Å². The number of allylic oxidation sites excluding steroid dienone is 1. The SMILES string of the molecule is C=CCc1ccccc1OCCOc1c(OC)cc(C=C2C(=N)N3C=CSC3=NC2=O)cc1OC. The van der Waals surface area contributed by atoms with Gasteiger partial charge in [0.15, 0.2) is 16.7 Å². The van der Waals surface area contributed by atoms with E-state index in [9.17, 15) is 4.79 Å². The van der Waals surface area contributed by atoms with Gasteiger partial charge in [0.2, 0.25) is 5.75 Å². The smallest absolute Gasteiger partial charge is 0.283 e. The van der Waals surface area contributed by atoms with Gasteiger partial charge in [-0.25, -0.2) is 0 Å². The number of ether oxygens (including phenoxy) is 4. The van der Waals surface area contributed by atoms with E-state index in [0.717, 1.165) is 17.7 Å². The number of nitrogens with zero attached hydrogens (tertiary/aromatic N) is 2. The summed E-state index contributed by atoms with van der Waals surface area (Å²) in [6, 6.07) is 11.2. The minimum Gasteiger partial charge on any atom is -0.493 e. The van der Waals surface area contributed by atoms with Gasteiger partial charge in [-0.15, -0.1) is 6.58 Å². The van der Waals surface area contributed by atoms with Crippen LogP contribution in [0.3, 0.4) is 0 Å². The average Bonchev–Trinajstić information content (AvgIpc) is 3.34. The number of nitrogens with one attached hydrogen (secondary N) is 1. The lowest BCUT2D eigenvalue weighted by Crippen LogP contribution is -2.35. The molecule has 0 radical (unpaired) electrons. The molecule has 0 bridgehead atoms. The molecule has 0 aromatic heterocycles. The van der Waals surface area contributed by atoms with Crippen LogP contribution < -0.4 is 18.9 Å². The predicted molar refractivity (Wildman–Crippen MR) is 138 cm³/mol. The molecule has 35 heavy (non-hydrogen) atoms. The summed E-state index contributed by atoms with van der Waals surface area (Å²) in [4.78, 5) is 18.1. The van der Waals surface area contributed by atoms with Crippen molar-refractivity contribution in [3.63, 3.8) is 0 Å². The standard InChI is InChI=1S/C26H25N3O5S/c1-4-7-18-8-5-6-9-20(18)33-11-12-34-23-21(31-2)15-17(16-22(23)32-3)14-19-24(27)29-10-13-35-26(29)28-25(19)30/h4-6,8-10,13-16,27H,1,7,11-12H2,2-3H3. The molecule has 2 heterocycles. The molecule has 0 aliphatic carbocycles. The number of rotatable bonds is 10. The first-order valence-electron chi connectivity index (χ1n) is 10.8. The number of hydrogen-bond acceptors (Lipinski definition) is 7. The first kappa shape index (κ1) is 24.2. The molecule has 0 spiro atoms. The second-order valence-corrected chi connectivity index (χ2v) is 8.30. The van der Waals surface area contributed by atoms with E-state index < -0.39 is 5.91 Å². The number of thioether (sulfide) groups is 1. The van der Waals surface area contributed by atoms with Crippen LogP contribution in [0.5, 0.6) is 23.0 Å². The van der Waals surface area contributed by atoms with Crippen LogP contribution in [0.4, 0.5) is 0 Å². The first-order valence-corrected chi connectivity index (χ1v) is 11.7. The van der Waals surface area contributed by atoms with Crippen molar-refractivity contribution in [3.8, 4) is 23.0 Å². The highest BCUT2D eigenvalue weighted by molar-refractivity contribution is 8.16. The third-order valence-electron chi connectivity index (χ3n) is 5.23. The van der Waals surface area contributed by atoms with Gasteiger partial charge in [0.1, 0.15) is 24.8 Å². The van der Waals surface area contributed by atoms with Gasteiger partial charge < -0.3 is 18.9 Å². The molecule has 0 saturated heterocycles. The van der Waals surface area contributed by atoms with Gasteiger partial charge in [-0.1, -0.05) is 36.0 Å². The summed E-state index contributed by atoms with van der Waals surface area (Å²) in [5.74, 6) is 1.66. The van der Waals surface area contributed by atoms with Crippen molar-refractivity contribution >= 4 is 34.7 Å². The molecule has 1 amide bonds. The number of fused-ring (bicyclic) bond motifs is 1. The number of benzene rings is 2. The Bertz CT molecular complexity index is 1230. The van der Waals surface area contributed by atoms with E-state index in [4.69, 9.17) is 24.4 Å². The largest absolute Gasteiger partial charge is 0.493 e. The Hall–Kier alpha value is -3.98. The summed E-state index contributed by atoms with van der Waals surface area (Å²) < 4.78 is 22.9. The predicted octanol–water partition coefficient (Wildman–Crippen LogP) is 4.67. The number of aliphatic imine (C=N–C) groups is 1. The maximum atomic E-state index is 12.5. The molecular formula is C26H25N3O5S. The van der Waals surface area contributed by atoms with Crippen LogP contribution in [0.25, 0.3) is 6.08 Å². The molecule has 0 fully saturated rings. The van der Waals surface area contributed by atoms with Crippen LogP contribution in [0.2, 0.25) is 0 Å². The highest BCUT2D eigenvalue weighted by atomic mass is 32.2. The summed E-state index contributed by atoms with van der Waals surface area (Å²) in [7, 11) is 3.05. The lowest BCUT2D eigenvalue weighted by atomic mass is 10.1. The number of hydrogen-bond donors (Lipinski definition) is 1. The van der Waals surface area contributed by atoms with Crippen LogP contribution in [-0.4, -0.2) is 49.2 Å². The minimum absolute atomic E-state index is 0.0633. The zero-order valence-corrected chi connectivity index (χ0v) is 20.3. The van der Waals surface area contributed by atoms with Crippen molar-refractivity contribution in [2.24, 2.45) is 4.99 Å². The fraction of sp³-hybridized carbons (Fsp3) is 0.192. The maximum absolute atomic E-state index is 12.5. The third kappa shape index (κ3) is 5.25. The van der Waals surface area contributed by atoms with Crippen LogP contribution in [0, 0.1) is 5.41 Å². The summed E-state index contributed by atoms with van der Waals surface area (Å²) in [5, 5.41) is 10.7. The number of amides is 1. The van der Waals surface area contributed by atoms with E-state index in [-0.39, 0.29) is 18.0 Å². The molecule has 2 aromatic rings. The fourth-order valence-corrected chi connectivity index (χ4v) is 4.29. The molecule has 9 heteroatoms. The zero-order valence-electron chi connectivity index (χ0n) is 19.4. The summed E-state index contributed by atoms with van der Waals surface area (Å²) >= 11 is 1.30. The zero-order chi connectivity index (χ0) is 24.8. The quantitative estimate of drug-likeness (QED) is 0.293. The first-order chi connectivity index (χ1) is 17.0. The molecule has 0 saturated carbocycles. The topological polar surface area (TPSA) is 93.4 Å². The summed E-state index contributed by atoms with van der Waals surface area (Å²) in [6.07, 6.45) is 5.85. The van der Waals surface area contributed by atoms with Crippen molar-refractivity contribution in [1.29, 1.82) is 5.41 Å². The molecule has 1 N–H and O–H groups in total. The van der Waals surface area contributed by atoms with Gasteiger partial charge in [0.05, 0.1) is 19.8 Å². The lowest BCUT2D eigenvalue weighted by Gasteiger charge is -2.22. The summed E-state index contributed by atoms with van der Waals surface area (Å²) in [5.41, 5.74) is 1.84.